The van der Waals surface area contributed by atoms with Gasteiger partial charge in [-0.3, -0.25) is 0 Å². The lowest BCUT2D eigenvalue weighted by Crippen LogP contribution is -1.87. The lowest BCUT2D eigenvalue weighted by atomic mass is 10.0. The molecule has 3 heteroatoms. The first kappa shape index (κ1) is 20.1. The Hall–Kier alpha value is -4.86. The maximum Gasteiger partial charge on any atom is 0.101 e. The molecule has 0 saturated carbocycles. The van der Waals surface area contributed by atoms with E-state index in [2.05, 4.69) is 53.5 Å². The molecule has 1 aromatic heterocycles. The highest BCUT2D eigenvalue weighted by molar-refractivity contribution is 6.00. The van der Waals surface area contributed by atoms with Gasteiger partial charge in [0.1, 0.15) is 12.1 Å². The van der Waals surface area contributed by atoms with Crippen LogP contribution in [0.3, 0.4) is 0 Å². The molecule has 0 spiro atoms. The molecule has 0 saturated heterocycles. The van der Waals surface area contributed by atoms with Crippen LogP contribution in [0.15, 0.2) is 97.1 Å². The molecule has 154 valence electrons. The van der Waals surface area contributed by atoms with Crippen molar-refractivity contribution in [3.63, 3.8) is 0 Å². The minimum absolute atomic E-state index is 0.514. The van der Waals surface area contributed by atoms with Crippen LogP contribution in [-0.4, -0.2) is 4.98 Å². The van der Waals surface area contributed by atoms with Gasteiger partial charge in [0.05, 0.1) is 22.5 Å². The number of fused-ring (bicyclic) bond motifs is 2. The van der Waals surface area contributed by atoms with E-state index >= 15 is 0 Å². The van der Waals surface area contributed by atoms with E-state index in [1.54, 1.807) is 0 Å². The van der Waals surface area contributed by atoms with E-state index in [1.807, 2.05) is 72.8 Å². The molecule has 0 amide bonds. The van der Waals surface area contributed by atoms with Crippen molar-refractivity contribution in [1.82, 2.24) is 4.98 Å². The largest absolute Gasteiger partial charge is 0.353 e. The molecule has 0 aliphatic rings. The lowest BCUT2D eigenvalue weighted by molar-refractivity contribution is 1.32. The first-order chi connectivity index (χ1) is 16.3. The Morgan fingerprint density at radius 1 is 0.545 bits per heavy atom. The molecule has 0 radical (unpaired) electrons. The molecule has 0 aliphatic heterocycles. The number of hydrogen-bond donors (Lipinski definition) is 1. The Morgan fingerprint density at radius 2 is 0.970 bits per heavy atom. The van der Waals surface area contributed by atoms with Gasteiger partial charge in [-0.05, 0) is 57.0 Å². The van der Waals surface area contributed by atoms with Gasteiger partial charge in [0.25, 0.3) is 0 Å². The van der Waals surface area contributed by atoms with Crippen LogP contribution in [-0.2, 0) is 0 Å². The van der Waals surface area contributed by atoms with E-state index in [4.69, 9.17) is 0 Å². The van der Waals surface area contributed by atoms with E-state index in [-0.39, 0.29) is 0 Å². The third-order valence-electron chi connectivity index (χ3n) is 5.75. The standard InChI is InChI=1S/C30H19N3/c31-19-25(17-23-11-5-9-21-7-1-3-13-27(21)23)29-15-16-30(33-29)26(20-32)18-24-12-6-10-22-8-2-4-14-28(22)24/h1-18,33H/b25-17+,26-18+. The second-order valence-electron chi connectivity index (χ2n) is 7.76. The number of hydrogen-bond acceptors (Lipinski definition) is 2. The number of nitrogens with one attached hydrogen (secondary N) is 1. The summed E-state index contributed by atoms with van der Waals surface area (Å²) in [5.41, 5.74) is 4.35. The van der Waals surface area contributed by atoms with Gasteiger partial charge in [-0.15, -0.1) is 0 Å². The molecular formula is C30H19N3. The third kappa shape index (κ3) is 3.92. The molecule has 1 heterocycles. The fraction of sp³-hybridized carbons (Fsp3) is 0. The van der Waals surface area contributed by atoms with Crippen molar-refractivity contribution in [3.05, 3.63) is 120 Å². The predicted octanol–water partition coefficient (Wildman–Crippen LogP) is 7.45. The monoisotopic (exact) mass is 421 g/mol. The number of nitriles is 2. The number of aromatic amines is 1. The van der Waals surface area contributed by atoms with Crippen LogP contribution in [0, 0.1) is 22.7 Å². The lowest BCUT2D eigenvalue weighted by Gasteiger charge is -2.04. The van der Waals surface area contributed by atoms with Gasteiger partial charge in [-0.1, -0.05) is 84.9 Å². The summed E-state index contributed by atoms with van der Waals surface area (Å²) >= 11 is 0. The van der Waals surface area contributed by atoms with Crippen LogP contribution in [0.1, 0.15) is 22.5 Å². The Bertz CT molecular complexity index is 1500. The Balaban J connectivity index is 1.54. The van der Waals surface area contributed by atoms with E-state index in [0.717, 1.165) is 32.7 Å². The predicted molar refractivity (Wildman–Crippen MR) is 136 cm³/mol. The van der Waals surface area contributed by atoms with Gasteiger partial charge in [0.15, 0.2) is 0 Å². The molecule has 1 N–H and O–H groups in total. The molecular weight excluding hydrogens is 402 g/mol. The van der Waals surface area contributed by atoms with Gasteiger partial charge in [0.2, 0.25) is 0 Å². The maximum absolute atomic E-state index is 9.85. The Kier molecular flexibility index (Phi) is 5.30. The summed E-state index contributed by atoms with van der Waals surface area (Å²) in [7, 11) is 0. The first-order valence-corrected chi connectivity index (χ1v) is 10.7. The normalized spacial score (nSPS) is 11.9. The molecule has 0 unspecified atom stereocenters. The summed E-state index contributed by atoms with van der Waals surface area (Å²) in [5.74, 6) is 0. The van der Waals surface area contributed by atoms with Crippen molar-refractivity contribution >= 4 is 44.8 Å². The van der Waals surface area contributed by atoms with E-state index < -0.39 is 0 Å². The molecule has 4 aromatic carbocycles. The van der Waals surface area contributed by atoms with E-state index in [1.165, 1.54) is 0 Å². The fourth-order valence-corrected chi connectivity index (χ4v) is 4.11. The summed E-state index contributed by atoms with van der Waals surface area (Å²) in [4.78, 5) is 3.27. The van der Waals surface area contributed by atoms with Crippen LogP contribution in [0.4, 0.5) is 0 Å². The second-order valence-corrected chi connectivity index (χ2v) is 7.76. The Labute approximate surface area is 192 Å². The molecule has 5 aromatic rings. The zero-order chi connectivity index (χ0) is 22.6. The zero-order valence-corrected chi connectivity index (χ0v) is 17.8. The van der Waals surface area contributed by atoms with Crippen molar-refractivity contribution in [1.29, 1.82) is 10.5 Å². The summed E-state index contributed by atoms with van der Waals surface area (Å²) in [6.07, 6.45) is 3.77. The van der Waals surface area contributed by atoms with Gasteiger partial charge in [0, 0.05) is 0 Å². The number of aromatic nitrogens is 1. The van der Waals surface area contributed by atoms with Gasteiger partial charge in [-0.25, -0.2) is 0 Å². The van der Waals surface area contributed by atoms with Gasteiger partial charge in [-0.2, -0.15) is 10.5 Å². The first-order valence-electron chi connectivity index (χ1n) is 10.7. The van der Waals surface area contributed by atoms with Crippen LogP contribution in [0.25, 0.3) is 44.8 Å². The molecule has 0 atom stereocenters. The second kappa shape index (κ2) is 8.71. The minimum atomic E-state index is 0.514. The van der Waals surface area contributed by atoms with Crippen LogP contribution < -0.4 is 0 Å². The number of allylic oxidation sites excluding steroid dienone is 2. The molecule has 3 nitrogen and oxygen atoms in total. The number of rotatable bonds is 4. The molecule has 0 bridgehead atoms. The van der Waals surface area contributed by atoms with Crippen LogP contribution >= 0.6 is 0 Å². The molecule has 33 heavy (non-hydrogen) atoms. The summed E-state index contributed by atoms with van der Waals surface area (Å²) in [5, 5.41) is 24.1. The molecule has 0 fully saturated rings. The highest BCUT2D eigenvalue weighted by Crippen LogP contribution is 2.27. The topological polar surface area (TPSA) is 63.4 Å². The van der Waals surface area contributed by atoms with E-state index in [9.17, 15) is 10.5 Å². The van der Waals surface area contributed by atoms with Gasteiger partial charge >= 0.3 is 0 Å². The van der Waals surface area contributed by atoms with Crippen molar-refractivity contribution in [2.24, 2.45) is 0 Å². The average Bonchev–Trinajstić information content (AvgIpc) is 3.36. The number of nitrogens with zero attached hydrogens (tertiary/aromatic N) is 2. The summed E-state index contributed by atoms with van der Waals surface area (Å²) in [6, 6.07) is 36.6. The van der Waals surface area contributed by atoms with Crippen molar-refractivity contribution < 1.29 is 0 Å². The fourth-order valence-electron chi connectivity index (χ4n) is 4.11. The third-order valence-corrected chi connectivity index (χ3v) is 5.75. The average molecular weight is 422 g/mol. The Morgan fingerprint density at radius 3 is 1.42 bits per heavy atom. The molecule has 5 rings (SSSR count). The summed E-state index contributed by atoms with van der Waals surface area (Å²) in [6.45, 7) is 0. The quantitative estimate of drug-likeness (QED) is 0.306. The summed E-state index contributed by atoms with van der Waals surface area (Å²) < 4.78 is 0. The van der Waals surface area contributed by atoms with Crippen LogP contribution in [0.5, 0.6) is 0 Å². The number of H-pyrrole nitrogens is 1. The van der Waals surface area contributed by atoms with Crippen molar-refractivity contribution in [2.75, 3.05) is 0 Å². The van der Waals surface area contributed by atoms with Crippen molar-refractivity contribution in [3.8, 4) is 12.1 Å². The zero-order valence-electron chi connectivity index (χ0n) is 17.8. The highest BCUT2D eigenvalue weighted by atomic mass is 14.7. The SMILES string of the molecule is N#C/C(=C\c1cccc2ccccc12)c1ccc(/C(C#N)=C/c2cccc3ccccc23)[nH]1. The smallest absolute Gasteiger partial charge is 0.101 e. The molecule has 0 aliphatic carbocycles. The maximum atomic E-state index is 9.85. The highest BCUT2D eigenvalue weighted by Gasteiger charge is 2.10. The van der Waals surface area contributed by atoms with Gasteiger partial charge < -0.3 is 4.98 Å². The van der Waals surface area contributed by atoms with E-state index in [0.29, 0.717) is 22.5 Å². The van der Waals surface area contributed by atoms with Crippen LogP contribution in [0.2, 0.25) is 0 Å². The number of benzene rings is 4. The minimum Gasteiger partial charge on any atom is -0.353 e. The van der Waals surface area contributed by atoms with Crippen molar-refractivity contribution in [2.45, 2.75) is 0 Å².